The van der Waals surface area contributed by atoms with E-state index in [1.54, 1.807) is 6.26 Å². The van der Waals surface area contributed by atoms with E-state index in [2.05, 4.69) is 4.98 Å². The minimum atomic E-state index is 0.395. The van der Waals surface area contributed by atoms with Gasteiger partial charge in [-0.3, -0.25) is 0 Å². The number of rotatable bonds is 5. The summed E-state index contributed by atoms with van der Waals surface area (Å²) in [6, 6.07) is 18.0. The third-order valence-corrected chi connectivity index (χ3v) is 3.20. The van der Waals surface area contributed by atoms with Crippen LogP contribution in [0.5, 0.6) is 5.75 Å². The maximum Gasteiger partial charge on any atom is 0.218 e. The van der Waals surface area contributed by atoms with E-state index < -0.39 is 0 Å². The lowest BCUT2D eigenvalue weighted by atomic mass is 10.2. The minimum absolute atomic E-state index is 0.395. The Kier molecular flexibility index (Phi) is 6.84. The predicted molar refractivity (Wildman–Crippen MR) is 98.7 cm³/mol. The summed E-state index contributed by atoms with van der Waals surface area (Å²) in [4.78, 5) is 4.38. The maximum atomic E-state index is 5.68. The van der Waals surface area contributed by atoms with Gasteiger partial charge in [0.25, 0.3) is 0 Å². The fourth-order valence-corrected chi connectivity index (χ4v) is 1.99. The molecule has 0 atom stereocenters. The van der Waals surface area contributed by atoms with Gasteiger partial charge in [-0.25, -0.2) is 4.98 Å². The van der Waals surface area contributed by atoms with Crippen LogP contribution in [0.1, 0.15) is 36.6 Å². The van der Waals surface area contributed by atoms with Crippen LogP contribution < -0.4 is 4.74 Å². The lowest BCUT2D eigenvalue weighted by Crippen LogP contribution is -1.95. The lowest BCUT2D eigenvalue weighted by molar-refractivity contribution is 0.301. The van der Waals surface area contributed by atoms with Gasteiger partial charge in [0.05, 0.1) is 0 Å². The van der Waals surface area contributed by atoms with Crippen LogP contribution in [0.3, 0.4) is 0 Å². The zero-order valence-corrected chi connectivity index (χ0v) is 14.4. The first kappa shape index (κ1) is 17.5. The fourth-order valence-electron chi connectivity index (χ4n) is 1.99. The molecular weight excluding hydrogens is 298 g/mol. The Labute approximate surface area is 143 Å². The second kappa shape index (κ2) is 9.36. The van der Waals surface area contributed by atoms with E-state index in [4.69, 9.17) is 9.15 Å². The molecule has 0 aliphatic heterocycles. The van der Waals surface area contributed by atoms with Crippen LogP contribution in [-0.4, -0.2) is 4.98 Å². The highest BCUT2D eigenvalue weighted by atomic mass is 16.5. The average Bonchev–Trinajstić information content (AvgIpc) is 3.10. The Bertz CT molecular complexity index is 743. The van der Waals surface area contributed by atoms with E-state index in [1.807, 2.05) is 87.5 Å². The zero-order valence-electron chi connectivity index (χ0n) is 14.4. The number of hydrogen-bond acceptors (Lipinski definition) is 3. The van der Waals surface area contributed by atoms with Gasteiger partial charge in [-0.2, -0.15) is 0 Å². The van der Waals surface area contributed by atoms with Crippen molar-refractivity contribution in [1.82, 2.24) is 4.98 Å². The summed E-state index contributed by atoms with van der Waals surface area (Å²) in [6.45, 7) is 6.44. The molecule has 24 heavy (non-hydrogen) atoms. The van der Waals surface area contributed by atoms with Gasteiger partial charge in [-0.1, -0.05) is 61.9 Å². The van der Waals surface area contributed by atoms with E-state index in [1.165, 1.54) is 5.56 Å². The molecule has 124 valence electrons. The summed E-state index contributed by atoms with van der Waals surface area (Å²) in [5.74, 6) is 1.40. The molecule has 3 aromatic rings. The van der Waals surface area contributed by atoms with Crippen molar-refractivity contribution in [1.29, 1.82) is 0 Å². The van der Waals surface area contributed by atoms with Gasteiger partial charge in [0.15, 0.2) is 0 Å². The summed E-state index contributed by atoms with van der Waals surface area (Å²) in [5, 5.41) is 0. The van der Waals surface area contributed by atoms with E-state index in [0.29, 0.717) is 12.5 Å². The number of hydrogen-bond donors (Lipinski definition) is 0. The van der Waals surface area contributed by atoms with Gasteiger partial charge in [0.2, 0.25) is 5.89 Å². The summed E-state index contributed by atoms with van der Waals surface area (Å²) in [6.07, 6.45) is 5.44. The second-order valence-corrected chi connectivity index (χ2v) is 5.02. The average molecular weight is 321 g/mol. The molecule has 0 N–H and O–H groups in total. The van der Waals surface area contributed by atoms with E-state index in [9.17, 15) is 0 Å². The van der Waals surface area contributed by atoms with Crippen molar-refractivity contribution < 1.29 is 9.15 Å². The molecule has 0 aliphatic carbocycles. The van der Waals surface area contributed by atoms with Crippen molar-refractivity contribution in [3.05, 3.63) is 83.6 Å². The molecule has 2 aromatic carbocycles. The van der Waals surface area contributed by atoms with Crippen LogP contribution in [0.2, 0.25) is 0 Å². The number of nitrogens with zero attached hydrogens (tertiary/aromatic N) is 1. The fraction of sp³-hybridized carbons (Fsp3) is 0.190. The highest BCUT2D eigenvalue weighted by Gasteiger charge is 2.02. The number of oxazole rings is 1. The monoisotopic (exact) mass is 321 g/mol. The van der Waals surface area contributed by atoms with Crippen LogP contribution in [-0.2, 0) is 6.61 Å². The number of benzene rings is 2. The molecule has 3 nitrogen and oxygen atoms in total. The molecule has 0 saturated heterocycles. The minimum Gasteiger partial charge on any atom is -0.487 e. The number of aromatic nitrogens is 1. The van der Waals surface area contributed by atoms with Crippen LogP contribution in [0.25, 0.3) is 12.2 Å². The second-order valence-electron chi connectivity index (χ2n) is 5.02. The molecule has 0 fully saturated rings. The topological polar surface area (TPSA) is 35.3 Å². The maximum absolute atomic E-state index is 5.68. The summed E-state index contributed by atoms with van der Waals surface area (Å²) >= 11 is 0. The first-order chi connectivity index (χ1) is 11.8. The molecule has 1 heterocycles. The van der Waals surface area contributed by atoms with Crippen molar-refractivity contribution in [2.75, 3.05) is 0 Å². The van der Waals surface area contributed by atoms with Gasteiger partial charge >= 0.3 is 0 Å². The first-order valence-corrected chi connectivity index (χ1v) is 8.16. The Balaban J connectivity index is 0.00000100. The number of aryl methyl sites for hydroxylation is 1. The third kappa shape index (κ3) is 5.43. The van der Waals surface area contributed by atoms with E-state index in [-0.39, 0.29) is 0 Å². The van der Waals surface area contributed by atoms with Gasteiger partial charge in [-0.05, 0) is 30.7 Å². The van der Waals surface area contributed by atoms with Crippen molar-refractivity contribution in [3.8, 4) is 5.75 Å². The SMILES string of the molecule is CC.Cc1ccc(OCc2coc(C=Cc3ccccc3)n2)cc1. The largest absolute Gasteiger partial charge is 0.487 e. The molecule has 0 radical (unpaired) electrons. The van der Waals surface area contributed by atoms with E-state index in [0.717, 1.165) is 17.0 Å². The molecular formula is C21H23NO2. The van der Waals surface area contributed by atoms with Crippen LogP contribution in [0.4, 0.5) is 0 Å². The van der Waals surface area contributed by atoms with Crippen molar-refractivity contribution in [3.63, 3.8) is 0 Å². The standard InChI is InChI=1S/C19H17NO2.C2H6/c1-15-7-10-18(11-8-15)21-13-17-14-22-19(20-17)12-9-16-5-3-2-4-6-16;1-2/h2-12,14H,13H2,1H3;1-2H3. The number of ether oxygens (including phenoxy) is 1. The molecule has 0 aliphatic rings. The van der Waals surface area contributed by atoms with Crippen molar-refractivity contribution in [2.45, 2.75) is 27.4 Å². The highest BCUT2D eigenvalue weighted by molar-refractivity contribution is 5.65. The Morgan fingerprint density at radius 2 is 1.67 bits per heavy atom. The third-order valence-electron chi connectivity index (χ3n) is 3.20. The van der Waals surface area contributed by atoms with Gasteiger partial charge in [0, 0.05) is 6.08 Å². The zero-order chi connectivity index (χ0) is 17.2. The molecule has 0 bridgehead atoms. The quantitative estimate of drug-likeness (QED) is 0.599. The van der Waals surface area contributed by atoms with Crippen LogP contribution >= 0.6 is 0 Å². The van der Waals surface area contributed by atoms with Crippen molar-refractivity contribution >= 4 is 12.2 Å². The smallest absolute Gasteiger partial charge is 0.218 e. The van der Waals surface area contributed by atoms with Gasteiger partial charge in [-0.15, -0.1) is 0 Å². The summed E-state index contributed by atoms with van der Waals surface area (Å²) in [5.41, 5.74) is 3.09. The van der Waals surface area contributed by atoms with Crippen molar-refractivity contribution in [2.24, 2.45) is 0 Å². The Morgan fingerprint density at radius 3 is 2.38 bits per heavy atom. The molecule has 3 heteroatoms. The Hall–Kier alpha value is -2.81. The molecule has 0 spiro atoms. The van der Waals surface area contributed by atoms with Crippen LogP contribution in [0.15, 0.2) is 65.3 Å². The molecule has 0 amide bonds. The predicted octanol–water partition coefficient (Wildman–Crippen LogP) is 5.76. The van der Waals surface area contributed by atoms with E-state index >= 15 is 0 Å². The summed E-state index contributed by atoms with van der Waals surface area (Å²) < 4.78 is 11.1. The lowest BCUT2D eigenvalue weighted by Gasteiger charge is -2.03. The molecule has 0 saturated carbocycles. The first-order valence-electron chi connectivity index (χ1n) is 8.16. The highest BCUT2D eigenvalue weighted by Crippen LogP contribution is 2.14. The molecule has 0 unspecified atom stereocenters. The van der Waals surface area contributed by atoms with Gasteiger partial charge < -0.3 is 9.15 Å². The van der Waals surface area contributed by atoms with Gasteiger partial charge in [0.1, 0.15) is 24.3 Å². The van der Waals surface area contributed by atoms with Crippen LogP contribution in [0, 0.1) is 6.92 Å². The normalized spacial score (nSPS) is 10.3. The Morgan fingerprint density at radius 1 is 0.958 bits per heavy atom. The molecule has 3 rings (SSSR count). The summed E-state index contributed by atoms with van der Waals surface area (Å²) in [7, 11) is 0. The molecule has 1 aromatic heterocycles.